The van der Waals surface area contributed by atoms with Gasteiger partial charge in [0.25, 0.3) is 0 Å². The molecule has 0 bridgehead atoms. The molecule has 0 aliphatic rings. The molecule has 2 unspecified atom stereocenters. The predicted molar refractivity (Wildman–Crippen MR) is 187 cm³/mol. The summed E-state index contributed by atoms with van der Waals surface area (Å²) >= 11 is 12.1. The van der Waals surface area contributed by atoms with E-state index in [1.54, 1.807) is 6.21 Å². The van der Waals surface area contributed by atoms with Crippen LogP contribution in [0.4, 0.5) is 0 Å². The molecule has 0 spiro atoms. The van der Waals surface area contributed by atoms with Gasteiger partial charge >= 0.3 is 114 Å². The fourth-order valence-electron chi connectivity index (χ4n) is 0.525. The van der Waals surface area contributed by atoms with Crippen molar-refractivity contribution in [2.75, 3.05) is 0 Å². The molecule has 0 saturated carbocycles. The molecule has 0 aromatic heterocycles. The first-order valence-corrected chi connectivity index (χ1v) is 33.6. The molecule has 0 fully saturated rings. The van der Waals surface area contributed by atoms with Crippen molar-refractivity contribution in [1.29, 1.82) is 0 Å². The Morgan fingerprint density at radius 2 is 1.19 bits per heavy atom. The normalized spacial score (nSPS) is 11.7. The molecule has 0 aliphatic heterocycles. The van der Waals surface area contributed by atoms with Crippen molar-refractivity contribution in [3.63, 3.8) is 0 Å². The van der Waals surface area contributed by atoms with Crippen molar-refractivity contribution in [3.8, 4) is 0 Å². The summed E-state index contributed by atoms with van der Waals surface area (Å²) < 4.78 is 25.1. The second-order valence-corrected chi connectivity index (χ2v) is 58.0. The summed E-state index contributed by atoms with van der Waals surface area (Å²) in [5, 5.41) is 5.04. The van der Waals surface area contributed by atoms with Crippen LogP contribution in [0.3, 0.4) is 0 Å². The zero-order chi connectivity index (χ0) is 25.4. The molecule has 0 saturated heterocycles. The van der Waals surface area contributed by atoms with Crippen LogP contribution in [0.5, 0.6) is 0 Å². The summed E-state index contributed by atoms with van der Waals surface area (Å²) in [7, 11) is -1.62. The Hall–Kier alpha value is 4.42. The van der Waals surface area contributed by atoms with Gasteiger partial charge in [-0.25, -0.2) is 8.42 Å². The predicted octanol–water partition coefficient (Wildman–Crippen LogP) is 9.04. The van der Waals surface area contributed by atoms with E-state index in [4.69, 9.17) is 5.14 Å². The van der Waals surface area contributed by atoms with Crippen molar-refractivity contribution in [2.24, 2.45) is 9.54 Å². The molecule has 2 atom stereocenters. The number of hydrogen-bond donors (Lipinski definition) is 1. The minimum absolute atomic E-state index is 0. The van der Waals surface area contributed by atoms with Crippen molar-refractivity contribution in [2.45, 2.75) is 90.6 Å². The van der Waals surface area contributed by atoms with E-state index in [1.165, 1.54) is 0 Å². The monoisotopic (exact) mass is 1130 g/mol. The second-order valence-electron chi connectivity index (χ2n) is 7.06. The summed E-state index contributed by atoms with van der Waals surface area (Å²) in [6, 6.07) is 0. The van der Waals surface area contributed by atoms with Gasteiger partial charge in [0.2, 0.25) is 0 Å². The first-order chi connectivity index (χ1) is 13.5. The topological polar surface area (TPSA) is 89.6 Å². The molecule has 0 aliphatic carbocycles. The van der Waals surface area contributed by atoms with Crippen LogP contribution in [-0.4, -0.2) is 30.4 Å². The molecule has 0 heterocycles. The molecule has 0 rings (SSSR count). The molecular formula is C18H42I5N2O3S2V2-2. The summed E-state index contributed by atoms with van der Waals surface area (Å²) in [5.41, 5.74) is 0. The zero-order valence-corrected chi connectivity index (χ0v) is 36.0. The molecule has 0 radical (unpaired) electrons. The Bertz CT molecular complexity index is 451. The maximum atomic E-state index is 11.3. The molecule has 0 aromatic carbocycles. The number of aldehydes is 1. The molecule has 0 aromatic rings. The van der Waals surface area contributed by atoms with Gasteiger partial charge in [0, 0.05) is 12.6 Å². The molecule has 2 N–H and O–H groups in total. The average molecular weight is 1140 g/mol. The van der Waals surface area contributed by atoms with Crippen LogP contribution in [0, 0.1) is 14.9 Å². The zero-order valence-electron chi connectivity index (χ0n) is 20.8. The summed E-state index contributed by atoms with van der Waals surface area (Å²) in [4.78, 5) is 9.13. The average Bonchev–Trinajstić information content (AvgIpc) is 2.55. The molecule has 0 amide bonds. The van der Waals surface area contributed by atoms with Crippen molar-refractivity contribution in [3.05, 3.63) is 14.9 Å². The first kappa shape index (κ1) is 52.8. The van der Waals surface area contributed by atoms with Crippen LogP contribution < -0.4 is 5.14 Å². The van der Waals surface area contributed by atoms with Crippen LogP contribution in [-0.2, 0) is 41.2 Å². The molecule has 32 heavy (non-hydrogen) atoms. The van der Waals surface area contributed by atoms with E-state index >= 15 is 0 Å². The maximum absolute atomic E-state index is 11.3. The molecule has 5 nitrogen and oxygen atoms in total. The Labute approximate surface area is 271 Å². The van der Waals surface area contributed by atoms with Crippen LogP contribution in [0.2, 0.25) is 0 Å². The third-order valence-corrected chi connectivity index (χ3v) is 4.72. The van der Waals surface area contributed by atoms with Gasteiger partial charge in [-0.2, -0.15) is 4.40 Å². The fourth-order valence-corrected chi connectivity index (χ4v) is 1.08. The van der Waals surface area contributed by atoms with Gasteiger partial charge in [-0.15, -0.1) is 0 Å². The second kappa shape index (κ2) is 37.6. The van der Waals surface area contributed by atoms with Gasteiger partial charge in [0.1, 0.15) is 17.3 Å². The number of carbonyl (C=O) groups is 1. The van der Waals surface area contributed by atoms with E-state index in [2.05, 4.69) is 111 Å². The summed E-state index contributed by atoms with van der Waals surface area (Å²) in [6.45, 7) is 15.3. The molecule has 14 heteroatoms. The Kier molecular flexibility index (Phi) is 62.0. The number of halogens is 5. The van der Waals surface area contributed by atoms with E-state index in [1.807, 2.05) is 48.5 Å². The number of carbonyl (C=O) groups excluding carboxylic acids is 1. The van der Waals surface area contributed by atoms with Crippen molar-refractivity contribution < 1.29 is 27.6 Å². The number of hydrogen-bond acceptors (Lipinski definition) is 3. The number of nitrogens with two attached hydrogens (primary N) is 1. The van der Waals surface area contributed by atoms with E-state index in [0.29, 0.717) is 15.9 Å². The van der Waals surface area contributed by atoms with E-state index in [0.717, 1.165) is 25.5 Å². The van der Waals surface area contributed by atoms with E-state index in [9.17, 15) is 13.2 Å². The third kappa shape index (κ3) is 70.1. The van der Waals surface area contributed by atoms with Gasteiger partial charge < -0.3 is 19.6 Å². The van der Waals surface area contributed by atoms with Gasteiger partial charge in [-0.1, -0.05) is 20.3 Å². The SMILES string of the molecule is CC(C)(C)S(N)=O.CCCC=NS(=O)C(C)(C)C.CCCC=O.[CH3-].[CH3-].[I][V]([I])[I].[I][V][I]. The van der Waals surface area contributed by atoms with Gasteiger partial charge in [0.15, 0.2) is 0 Å². The third-order valence-electron chi connectivity index (χ3n) is 2.12. The van der Waals surface area contributed by atoms with Gasteiger partial charge in [-0.05, 0) is 54.4 Å². The summed E-state index contributed by atoms with van der Waals surface area (Å²) in [5.74, 6) is 0. The minimum atomic E-state index is -1.18. The molecule has 201 valence electrons. The van der Waals surface area contributed by atoms with Crippen LogP contribution in [0.25, 0.3) is 0 Å². The van der Waals surface area contributed by atoms with Crippen LogP contribution in [0.15, 0.2) is 4.40 Å². The Balaban J connectivity index is -0.0000000520. The van der Waals surface area contributed by atoms with Gasteiger partial charge in [0.05, 0.1) is 20.5 Å². The standard InChI is InChI=1S/C8H17NOS.C4H11NOS.C4H8O.2CH3.5HI.2V/c1-5-6-7-9-11(10)8(2,3)4;1-4(2,3)7(5)6;1-2-3-4-5;;;;;;;;;/h7H,5-6H2,1-4H3;5H2,1-3H3;4H,2-3H2,1H3;2*1H3;5*1H;;/q;;;2*-1;;;;;;+2;+3/p-5. The Morgan fingerprint density at radius 3 is 1.31 bits per heavy atom. The number of unbranched alkanes of at least 4 members (excludes halogenated alkanes) is 2. The van der Waals surface area contributed by atoms with Gasteiger partial charge in [-0.3, -0.25) is 5.14 Å². The Morgan fingerprint density at radius 1 is 0.906 bits per heavy atom. The first-order valence-electron chi connectivity index (χ1n) is 8.73. The number of nitrogens with zero attached hydrogens (tertiary/aromatic N) is 1. The van der Waals surface area contributed by atoms with E-state index in [-0.39, 0.29) is 29.3 Å². The van der Waals surface area contributed by atoms with Crippen LogP contribution >= 0.6 is 99.9 Å². The van der Waals surface area contributed by atoms with Crippen LogP contribution in [0.1, 0.15) is 81.1 Å². The van der Waals surface area contributed by atoms with E-state index < -0.39 is 22.0 Å². The fraction of sp³-hybridized carbons (Fsp3) is 0.778. The molecular weight excluding hydrogens is 1090 g/mol. The quantitative estimate of drug-likeness (QED) is 0.129. The number of rotatable bonds is 5. The van der Waals surface area contributed by atoms with Crippen molar-refractivity contribution >= 4 is 134 Å². The van der Waals surface area contributed by atoms with Crippen molar-refractivity contribution in [1.82, 2.24) is 0 Å². The summed E-state index contributed by atoms with van der Waals surface area (Å²) in [6.07, 6.45) is 6.34.